The minimum absolute atomic E-state index is 0.116. The number of aromatic hydroxyl groups is 1. The molecule has 0 unspecified atom stereocenters. The highest BCUT2D eigenvalue weighted by molar-refractivity contribution is 7.90. The van der Waals surface area contributed by atoms with Gasteiger partial charge in [0.15, 0.2) is 0 Å². The van der Waals surface area contributed by atoms with Crippen molar-refractivity contribution in [2.45, 2.75) is 24.8 Å². The lowest BCUT2D eigenvalue weighted by Crippen LogP contribution is -2.42. The molecule has 0 atom stereocenters. The summed E-state index contributed by atoms with van der Waals surface area (Å²) in [5, 5.41) is 15.4. The summed E-state index contributed by atoms with van der Waals surface area (Å²) in [6.45, 7) is 3.40. The molecule has 0 aliphatic rings. The Hall–Kier alpha value is -2.52. The third-order valence-corrected chi connectivity index (χ3v) is 4.54. The molecule has 0 saturated heterocycles. The third-order valence-electron chi connectivity index (χ3n) is 2.95. The number of nitrogens with zero attached hydrogens (tertiary/aromatic N) is 1. The van der Waals surface area contributed by atoms with Crippen molar-refractivity contribution in [3.8, 4) is 5.75 Å². The summed E-state index contributed by atoms with van der Waals surface area (Å²) in [7, 11) is -4.18. The van der Waals surface area contributed by atoms with Crippen LogP contribution in [0.15, 0.2) is 41.6 Å². The molecule has 10 heteroatoms. The molecule has 0 spiro atoms. The van der Waals surface area contributed by atoms with Crippen molar-refractivity contribution in [2.75, 3.05) is 5.32 Å². The molecular formula is C15H17ClN4O4S. The second-order valence-electron chi connectivity index (χ2n) is 5.39. The van der Waals surface area contributed by atoms with E-state index in [1.807, 2.05) is 4.72 Å². The Morgan fingerprint density at radius 1 is 1.24 bits per heavy atom. The van der Waals surface area contributed by atoms with Gasteiger partial charge in [0.1, 0.15) is 10.6 Å². The number of phenols is 1. The van der Waals surface area contributed by atoms with Crippen LogP contribution in [0.5, 0.6) is 5.75 Å². The number of carbonyl (C=O) groups excluding carboxylic acids is 1. The Morgan fingerprint density at radius 3 is 2.64 bits per heavy atom. The van der Waals surface area contributed by atoms with Crippen molar-refractivity contribution >= 4 is 39.0 Å². The first-order valence-corrected chi connectivity index (χ1v) is 9.08. The first-order chi connectivity index (χ1) is 11.7. The molecule has 0 aliphatic heterocycles. The van der Waals surface area contributed by atoms with Gasteiger partial charge in [0.25, 0.3) is 10.0 Å². The van der Waals surface area contributed by atoms with Gasteiger partial charge < -0.3 is 15.7 Å². The van der Waals surface area contributed by atoms with E-state index in [4.69, 9.17) is 11.6 Å². The molecule has 1 heterocycles. The maximum Gasteiger partial charge on any atom is 0.328 e. The number of pyridine rings is 1. The molecule has 2 amide bonds. The number of carbonyl (C=O) groups is 1. The number of sulfonamides is 1. The van der Waals surface area contributed by atoms with Gasteiger partial charge in [0.2, 0.25) is 0 Å². The van der Waals surface area contributed by atoms with E-state index in [9.17, 15) is 18.3 Å². The van der Waals surface area contributed by atoms with E-state index in [1.54, 1.807) is 13.8 Å². The summed E-state index contributed by atoms with van der Waals surface area (Å²) < 4.78 is 26.8. The maximum atomic E-state index is 12.4. The van der Waals surface area contributed by atoms with E-state index in [-0.39, 0.29) is 28.1 Å². The molecule has 2 rings (SSSR count). The van der Waals surface area contributed by atoms with E-state index in [0.717, 1.165) is 6.20 Å². The van der Waals surface area contributed by atoms with Gasteiger partial charge in [-0.15, -0.1) is 0 Å². The van der Waals surface area contributed by atoms with Crippen LogP contribution in [0, 0.1) is 0 Å². The van der Waals surface area contributed by atoms with E-state index in [2.05, 4.69) is 15.6 Å². The van der Waals surface area contributed by atoms with Gasteiger partial charge in [-0.1, -0.05) is 11.6 Å². The topological polar surface area (TPSA) is 120 Å². The van der Waals surface area contributed by atoms with Gasteiger partial charge >= 0.3 is 6.03 Å². The average molecular weight is 385 g/mol. The fourth-order valence-electron chi connectivity index (χ4n) is 1.92. The number of halogens is 1. The Labute approximate surface area is 150 Å². The first kappa shape index (κ1) is 18.8. The van der Waals surface area contributed by atoms with Gasteiger partial charge in [0, 0.05) is 23.5 Å². The lowest BCUT2D eigenvalue weighted by molar-refractivity contribution is 0.243. The fraction of sp³-hybridized carbons (Fsp3) is 0.200. The number of anilines is 2. The number of benzene rings is 1. The number of nitrogens with one attached hydrogen (secondary N) is 3. The predicted molar refractivity (Wildman–Crippen MR) is 94.6 cm³/mol. The van der Waals surface area contributed by atoms with Crippen LogP contribution in [-0.4, -0.2) is 30.6 Å². The van der Waals surface area contributed by atoms with Crippen LogP contribution < -0.4 is 15.4 Å². The van der Waals surface area contributed by atoms with Crippen molar-refractivity contribution < 1.29 is 18.3 Å². The summed E-state index contributed by atoms with van der Waals surface area (Å²) in [5.41, 5.74) is 0.333. The van der Waals surface area contributed by atoms with Gasteiger partial charge in [0.05, 0.1) is 11.4 Å². The van der Waals surface area contributed by atoms with E-state index < -0.39 is 16.1 Å². The minimum atomic E-state index is -4.18. The minimum Gasteiger partial charge on any atom is -0.506 e. The summed E-state index contributed by atoms with van der Waals surface area (Å²) in [4.78, 5) is 15.2. The van der Waals surface area contributed by atoms with Crippen LogP contribution in [0.1, 0.15) is 13.8 Å². The van der Waals surface area contributed by atoms with E-state index in [0.29, 0.717) is 5.02 Å². The monoisotopic (exact) mass is 384 g/mol. The molecule has 134 valence electrons. The predicted octanol–water partition coefficient (Wildman–Crippen LogP) is 2.58. The molecule has 1 aromatic carbocycles. The van der Waals surface area contributed by atoms with Crippen molar-refractivity contribution in [3.63, 3.8) is 0 Å². The zero-order valence-corrected chi connectivity index (χ0v) is 15.0. The zero-order valence-electron chi connectivity index (χ0n) is 13.4. The van der Waals surface area contributed by atoms with Crippen molar-refractivity contribution in [1.29, 1.82) is 0 Å². The van der Waals surface area contributed by atoms with Gasteiger partial charge in [-0.05, 0) is 38.1 Å². The summed E-state index contributed by atoms with van der Waals surface area (Å²) in [6, 6.07) is 4.61. The number of urea groups is 1. The van der Waals surface area contributed by atoms with E-state index in [1.165, 1.54) is 30.5 Å². The zero-order chi connectivity index (χ0) is 18.6. The number of aromatic nitrogens is 1. The molecule has 0 fully saturated rings. The summed E-state index contributed by atoms with van der Waals surface area (Å²) in [6.07, 6.45) is 2.46. The lowest BCUT2D eigenvalue weighted by Gasteiger charge is -2.15. The molecule has 0 saturated carbocycles. The number of hydrogen-bond acceptors (Lipinski definition) is 6. The summed E-state index contributed by atoms with van der Waals surface area (Å²) in [5.74, 6) is -0.116. The standard InChI is InChI=1S/C15H17ClN4O4S/c1-9(2)18-15(22)20-25(23,24)14-8-17-6-5-11(14)19-12-7-10(16)3-4-13(12)21/h3-9,21H,1-2H3,(H,17,19)(H2,18,20,22). The Kier molecular flexibility index (Phi) is 5.70. The number of hydrogen-bond donors (Lipinski definition) is 4. The molecule has 0 bridgehead atoms. The van der Waals surface area contributed by atoms with Crippen LogP contribution in [0.4, 0.5) is 16.2 Å². The molecule has 8 nitrogen and oxygen atoms in total. The molecule has 4 N–H and O–H groups in total. The first-order valence-electron chi connectivity index (χ1n) is 7.22. The second kappa shape index (κ2) is 7.58. The third kappa shape index (κ3) is 4.97. The highest BCUT2D eigenvalue weighted by Crippen LogP contribution is 2.31. The van der Waals surface area contributed by atoms with Gasteiger partial charge in [-0.2, -0.15) is 0 Å². The number of phenolic OH excluding ortho intramolecular Hbond substituents is 1. The molecule has 1 aromatic heterocycles. The van der Waals surface area contributed by atoms with Crippen molar-refractivity contribution in [2.24, 2.45) is 0 Å². The van der Waals surface area contributed by atoms with Gasteiger partial charge in [-0.3, -0.25) is 4.98 Å². The molecule has 2 aromatic rings. The Morgan fingerprint density at radius 2 is 1.96 bits per heavy atom. The van der Waals surface area contributed by atoms with E-state index >= 15 is 0 Å². The Balaban J connectivity index is 2.34. The second-order valence-corrected chi connectivity index (χ2v) is 7.48. The lowest BCUT2D eigenvalue weighted by atomic mass is 10.2. The van der Waals surface area contributed by atoms with Crippen LogP contribution in [-0.2, 0) is 10.0 Å². The quantitative estimate of drug-likeness (QED) is 0.588. The van der Waals surface area contributed by atoms with Crippen molar-refractivity contribution in [3.05, 3.63) is 41.7 Å². The highest BCUT2D eigenvalue weighted by atomic mass is 35.5. The average Bonchev–Trinajstić information content (AvgIpc) is 2.50. The van der Waals surface area contributed by atoms with Crippen LogP contribution in [0.25, 0.3) is 0 Å². The van der Waals surface area contributed by atoms with Crippen LogP contribution in [0.2, 0.25) is 5.02 Å². The molecule has 0 radical (unpaired) electrons. The largest absolute Gasteiger partial charge is 0.506 e. The maximum absolute atomic E-state index is 12.4. The molecule has 25 heavy (non-hydrogen) atoms. The van der Waals surface area contributed by atoms with Crippen molar-refractivity contribution in [1.82, 2.24) is 15.0 Å². The highest BCUT2D eigenvalue weighted by Gasteiger charge is 2.22. The van der Waals surface area contributed by atoms with Gasteiger partial charge in [-0.25, -0.2) is 17.9 Å². The van der Waals surface area contributed by atoms with Crippen LogP contribution in [0.3, 0.4) is 0 Å². The summed E-state index contributed by atoms with van der Waals surface area (Å²) >= 11 is 5.88. The number of amides is 2. The smallest absolute Gasteiger partial charge is 0.328 e. The molecular weight excluding hydrogens is 368 g/mol. The molecule has 0 aliphatic carbocycles. The number of rotatable bonds is 5. The Bertz CT molecular complexity index is 887. The normalized spacial score (nSPS) is 11.2. The SMILES string of the molecule is CC(C)NC(=O)NS(=O)(=O)c1cnccc1Nc1cc(Cl)ccc1O. The fourth-order valence-corrected chi connectivity index (χ4v) is 3.11. The van der Waals surface area contributed by atoms with Crippen LogP contribution >= 0.6 is 11.6 Å².